The molecule has 1 aliphatic rings. The Labute approximate surface area is 163 Å². The fraction of sp³-hybridized carbons (Fsp3) is 0.273. The second kappa shape index (κ2) is 7.76. The van der Waals surface area contributed by atoms with Gasteiger partial charge in [0.15, 0.2) is 0 Å². The summed E-state index contributed by atoms with van der Waals surface area (Å²) in [4.78, 5) is 16.8. The van der Waals surface area contributed by atoms with Gasteiger partial charge in [-0.25, -0.2) is 9.78 Å². The molecular weight excluding hydrogens is 354 g/mol. The standard InChI is InChI=1S/C22H23N3O3/c1-23-21-20-7-4-16(14-17(20)8-11-24-21)15-2-5-18(6-3-15)28-19-9-12-25(13-10-19)22(26)27/h2-8,11,14,19H,9-10,12-13H2,1H3,(H,23,24)(H,26,27). The molecule has 1 amide bonds. The molecule has 1 saturated heterocycles. The zero-order chi connectivity index (χ0) is 19.5. The number of piperidine rings is 1. The Hall–Kier alpha value is -3.28. The third-order valence-electron chi connectivity index (χ3n) is 5.20. The summed E-state index contributed by atoms with van der Waals surface area (Å²) in [5, 5.41) is 14.4. The maximum absolute atomic E-state index is 11.0. The lowest BCUT2D eigenvalue weighted by Crippen LogP contribution is -2.41. The molecule has 2 heterocycles. The van der Waals surface area contributed by atoms with E-state index in [1.807, 2.05) is 31.4 Å². The van der Waals surface area contributed by atoms with Crippen molar-refractivity contribution < 1.29 is 14.6 Å². The van der Waals surface area contributed by atoms with Gasteiger partial charge in [-0.2, -0.15) is 0 Å². The van der Waals surface area contributed by atoms with Gasteiger partial charge in [0.05, 0.1) is 0 Å². The molecule has 6 heteroatoms. The molecule has 0 spiro atoms. The van der Waals surface area contributed by atoms with Crippen molar-refractivity contribution in [2.75, 3.05) is 25.5 Å². The molecule has 1 fully saturated rings. The number of carboxylic acid groups (broad SMARTS) is 1. The molecule has 4 rings (SSSR count). The normalized spacial score (nSPS) is 14.8. The van der Waals surface area contributed by atoms with Gasteiger partial charge in [-0.1, -0.05) is 24.3 Å². The van der Waals surface area contributed by atoms with E-state index in [4.69, 9.17) is 9.84 Å². The van der Waals surface area contributed by atoms with E-state index in [1.165, 1.54) is 4.90 Å². The number of anilines is 1. The number of ether oxygens (including phenoxy) is 1. The van der Waals surface area contributed by atoms with Crippen molar-refractivity contribution in [2.45, 2.75) is 18.9 Å². The molecule has 0 radical (unpaired) electrons. The largest absolute Gasteiger partial charge is 0.490 e. The van der Waals surface area contributed by atoms with Crippen LogP contribution < -0.4 is 10.1 Å². The van der Waals surface area contributed by atoms with Gasteiger partial charge in [0, 0.05) is 44.6 Å². The van der Waals surface area contributed by atoms with Crippen LogP contribution in [0.4, 0.5) is 10.6 Å². The molecule has 1 aromatic heterocycles. The van der Waals surface area contributed by atoms with Crippen LogP contribution in [0.3, 0.4) is 0 Å². The average Bonchev–Trinajstić information content (AvgIpc) is 2.74. The van der Waals surface area contributed by atoms with Gasteiger partial charge in [-0.3, -0.25) is 0 Å². The first kappa shape index (κ1) is 18.1. The summed E-state index contributed by atoms with van der Waals surface area (Å²) in [6, 6.07) is 16.4. The summed E-state index contributed by atoms with van der Waals surface area (Å²) in [5.41, 5.74) is 2.26. The molecule has 3 aromatic rings. The Morgan fingerprint density at radius 1 is 1.11 bits per heavy atom. The zero-order valence-corrected chi connectivity index (χ0v) is 15.8. The highest BCUT2D eigenvalue weighted by molar-refractivity contribution is 5.94. The van der Waals surface area contributed by atoms with Gasteiger partial charge < -0.3 is 20.1 Å². The van der Waals surface area contributed by atoms with E-state index in [0.717, 1.165) is 46.3 Å². The smallest absolute Gasteiger partial charge is 0.407 e. The average molecular weight is 377 g/mol. The minimum Gasteiger partial charge on any atom is -0.490 e. The number of fused-ring (bicyclic) bond motifs is 1. The highest BCUT2D eigenvalue weighted by Gasteiger charge is 2.23. The van der Waals surface area contributed by atoms with Crippen LogP contribution in [-0.4, -0.2) is 47.3 Å². The van der Waals surface area contributed by atoms with Gasteiger partial charge in [0.25, 0.3) is 0 Å². The van der Waals surface area contributed by atoms with E-state index < -0.39 is 6.09 Å². The molecule has 6 nitrogen and oxygen atoms in total. The predicted octanol–water partition coefficient (Wildman–Crippen LogP) is 4.46. The SMILES string of the molecule is CNc1nccc2cc(-c3ccc(OC4CCN(C(=O)O)CC4)cc3)ccc12. The molecule has 2 N–H and O–H groups in total. The molecule has 0 bridgehead atoms. The third-order valence-corrected chi connectivity index (χ3v) is 5.20. The minimum absolute atomic E-state index is 0.0644. The second-order valence-electron chi connectivity index (χ2n) is 6.96. The summed E-state index contributed by atoms with van der Waals surface area (Å²) < 4.78 is 6.04. The number of carbonyl (C=O) groups is 1. The zero-order valence-electron chi connectivity index (χ0n) is 15.8. The van der Waals surface area contributed by atoms with Gasteiger partial charge >= 0.3 is 6.09 Å². The van der Waals surface area contributed by atoms with Crippen molar-refractivity contribution in [3.8, 4) is 16.9 Å². The Morgan fingerprint density at radius 2 is 1.82 bits per heavy atom. The number of hydrogen-bond donors (Lipinski definition) is 2. The van der Waals surface area contributed by atoms with Crippen molar-refractivity contribution in [3.63, 3.8) is 0 Å². The summed E-state index contributed by atoms with van der Waals surface area (Å²) in [6.45, 7) is 1.05. The van der Waals surface area contributed by atoms with Crippen molar-refractivity contribution in [3.05, 3.63) is 54.7 Å². The van der Waals surface area contributed by atoms with Gasteiger partial charge in [0.1, 0.15) is 17.7 Å². The van der Waals surface area contributed by atoms with Crippen LogP contribution in [0.1, 0.15) is 12.8 Å². The molecule has 0 unspecified atom stereocenters. The maximum Gasteiger partial charge on any atom is 0.407 e. The van der Waals surface area contributed by atoms with E-state index in [1.54, 1.807) is 0 Å². The molecule has 28 heavy (non-hydrogen) atoms. The van der Waals surface area contributed by atoms with E-state index in [2.05, 4.69) is 40.6 Å². The monoisotopic (exact) mass is 377 g/mol. The summed E-state index contributed by atoms with van der Waals surface area (Å²) >= 11 is 0. The van der Waals surface area contributed by atoms with Crippen LogP contribution in [0.5, 0.6) is 5.75 Å². The van der Waals surface area contributed by atoms with E-state index in [0.29, 0.717) is 13.1 Å². The predicted molar refractivity (Wildman–Crippen MR) is 110 cm³/mol. The first-order chi connectivity index (χ1) is 13.6. The van der Waals surface area contributed by atoms with Gasteiger partial charge in [0.2, 0.25) is 0 Å². The van der Waals surface area contributed by atoms with Crippen molar-refractivity contribution in [1.29, 1.82) is 0 Å². The van der Waals surface area contributed by atoms with Gasteiger partial charge in [-0.05, 0) is 40.8 Å². The van der Waals surface area contributed by atoms with Crippen LogP contribution in [0.25, 0.3) is 21.9 Å². The molecule has 0 atom stereocenters. The molecule has 1 aliphatic heterocycles. The van der Waals surface area contributed by atoms with Crippen molar-refractivity contribution in [1.82, 2.24) is 9.88 Å². The van der Waals surface area contributed by atoms with E-state index in [-0.39, 0.29) is 6.10 Å². The minimum atomic E-state index is -0.851. The van der Waals surface area contributed by atoms with Crippen LogP contribution in [-0.2, 0) is 0 Å². The van der Waals surface area contributed by atoms with Crippen LogP contribution in [0, 0.1) is 0 Å². The Morgan fingerprint density at radius 3 is 2.50 bits per heavy atom. The summed E-state index contributed by atoms with van der Waals surface area (Å²) in [5.74, 6) is 1.70. The first-order valence-corrected chi connectivity index (χ1v) is 9.45. The number of benzene rings is 2. The lowest BCUT2D eigenvalue weighted by molar-refractivity contribution is 0.0895. The number of hydrogen-bond acceptors (Lipinski definition) is 4. The third kappa shape index (κ3) is 3.71. The fourth-order valence-electron chi connectivity index (χ4n) is 3.64. The van der Waals surface area contributed by atoms with Crippen LogP contribution in [0.15, 0.2) is 54.7 Å². The maximum atomic E-state index is 11.0. The van der Waals surface area contributed by atoms with Crippen molar-refractivity contribution >= 4 is 22.7 Å². The van der Waals surface area contributed by atoms with Crippen LogP contribution >= 0.6 is 0 Å². The molecule has 2 aromatic carbocycles. The fourth-order valence-corrected chi connectivity index (χ4v) is 3.64. The topological polar surface area (TPSA) is 74.7 Å². The quantitative estimate of drug-likeness (QED) is 0.702. The highest BCUT2D eigenvalue weighted by Crippen LogP contribution is 2.29. The Kier molecular flexibility index (Phi) is 5.02. The van der Waals surface area contributed by atoms with Crippen molar-refractivity contribution in [2.24, 2.45) is 0 Å². The number of rotatable bonds is 4. The lowest BCUT2D eigenvalue weighted by atomic mass is 10.0. The Bertz CT molecular complexity index is 980. The molecule has 144 valence electrons. The number of nitrogens with zero attached hydrogens (tertiary/aromatic N) is 2. The second-order valence-corrected chi connectivity index (χ2v) is 6.96. The van der Waals surface area contributed by atoms with Crippen LogP contribution in [0.2, 0.25) is 0 Å². The number of likely N-dealkylation sites (tertiary alicyclic amines) is 1. The molecule has 0 saturated carbocycles. The lowest BCUT2D eigenvalue weighted by Gasteiger charge is -2.30. The summed E-state index contributed by atoms with van der Waals surface area (Å²) in [7, 11) is 1.87. The molecular formula is C22H23N3O3. The van der Waals surface area contributed by atoms with E-state index >= 15 is 0 Å². The van der Waals surface area contributed by atoms with E-state index in [9.17, 15) is 4.79 Å². The number of amides is 1. The number of aromatic nitrogens is 1. The Balaban J connectivity index is 1.46. The number of nitrogens with one attached hydrogen (secondary N) is 1. The molecule has 0 aliphatic carbocycles. The summed E-state index contributed by atoms with van der Waals surface area (Å²) in [6.07, 6.45) is 2.47. The highest BCUT2D eigenvalue weighted by atomic mass is 16.5. The first-order valence-electron chi connectivity index (χ1n) is 9.45. The van der Waals surface area contributed by atoms with Gasteiger partial charge in [-0.15, -0.1) is 0 Å². The number of pyridine rings is 1.